The van der Waals surface area contributed by atoms with Gasteiger partial charge >= 0.3 is 5.97 Å². The van der Waals surface area contributed by atoms with E-state index in [1.165, 1.54) is 25.7 Å². The first-order valence-electron chi connectivity index (χ1n) is 6.77. The number of carbonyl (C=O) groups is 1. The summed E-state index contributed by atoms with van der Waals surface area (Å²) in [6.45, 7) is 5.70. The minimum atomic E-state index is -0.730. The highest BCUT2D eigenvalue weighted by Gasteiger charge is 2.50. The van der Waals surface area contributed by atoms with Crippen molar-refractivity contribution in [2.24, 2.45) is 11.1 Å². The summed E-state index contributed by atoms with van der Waals surface area (Å²) in [5, 5.41) is 0. The number of hydrogen-bond acceptors (Lipinski definition) is 3. The molecule has 0 radical (unpaired) electrons. The molecule has 0 amide bonds. The fourth-order valence-corrected chi connectivity index (χ4v) is 3.28. The van der Waals surface area contributed by atoms with Crippen molar-refractivity contribution in [1.29, 1.82) is 0 Å². The Morgan fingerprint density at radius 1 is 1.12 bits per heavy atom. The molecule has 3 heteroatoms. The molecule has 0 bridgehead atoms. The lowest BCUT2D eigenvalue weighted by molar-refractivity contribution is -0.166. The maximum atomic E-state index is 12.2. The van der Waals surface area contributed by atoms with Gasteiger partial charge in [0.2, 0.25) is 0 Å². The standard InChI is InChI=1S/C14H25NO2/c1-12(2,3)17-11(16)14(15)9-5-8-13(10-14)6-4-7-13/h4-10,15H2,1-3H3. The van der Waals surface area contributed by atoms with E-state index in [2.05, 4.69) is 0 Å². The molecule has 1 atom stereocenters. The van der Waals surface area contributed by atoms with E-state index in [1.807, 2.05) is 20.8 Å². The van der Waals surface area contributed by atoms with Crippen LogP contribution in [-0.2, 0) is 9.53 Å². The molecule has 0 aromatic heterocycles. The summed E-state index contributed by atoms with van der Waals surface area (Å²) in [6.07, 6.45) is 7.71. The smallest absolute Gasteiger partial charge is 0.326 e. The molecule has 0 heterocycles. The predicted molar refractivity (Wildman–Crippen MR) is 67.5 cm³/mol. The average Bonchev–Trinajstić information content (AvgIpc) is 2.12. The van der Waals surface area contributed by atoms with Gasteiger partial charge < -0.3 is 10.5 Å². The molecule has 1 spiro atoms. The van der Waals surface area contributed by atoms with Gasteiger partial charge in [-0.05, 0) is 58.3 Å². The maximum absolute atomic E-state index is 12.2. The number of ether oxygens (including phenoxy) is 1. The summed E-state index contributed by atoms with van der Waals surface area (Å²) in [6, 6.07) is 0. The van der Waals surface area contributed by atoms with Crippen LogP contribution in [0.1, 0.15) is 65.7 Å². The van der Waals surface area contributed by atoms with Crippen LogP contribution >= 0.6 is 0 Å². The molecule has 2 aliphatic rings. The van der Waals surface area contributed by atoms with Gasteiger partial charge in [0, 0.05) is 0 Å². The number of esters is 1. The molecule has 98 valence electrons. The highest BCUT2D eigenvalue weighted by Crippen LogP contribution is 2.53. The zero-order valence-electron chi connectivity index (χ0n) is 11.3. The first-order chi connectivity index (χ1) is 7.75. The van der Waals surface area contributed by atoms with Gasteiger partial charge in [0.15, 0.2) is 0 Å². The summed E-state index contributed by atoms with van der Waals surface area (Å²) in [7, 11) is 0. The Bertz CT molecular complexity index is 315. The Hall–Kier alpha value is -0.570. The van der Waals surface area contributed by atoms with Crippen LogP contribution in [0.25, 0.3) is 0 Å². The molecule has 0 aliphatic heterocycles. The van der Waals surface area contributed by atoms with E-state index >= 15 is 0 Å². The second kappa shape index (κ2) is 3.98. The number of carbonyl (C=O) groups excluding carboxylic acids is 1. The summed E-state index contributed by atoms with van der Waals surface area (Å²) < 4.78 is 5.48. The molecule has 2 fully saturated rings. The van der Waals surface area contributed by atoms with E-state index in [0.29, 0.717) is 5.41 Å². The highest BCUT2D eigenvalue weighted by atomic mass is 16.6. The van der Waals surface area contributed by atoms with Crippen molar-refractivity contribution in [3.8, 4) is 0 Å². The van der Waals surface area contributed by atoms with E-state index < -0.39 is 11.1 Å². The summed E-state index contributed by atoms with van der Waals surface area (Å²) in [5.41, 5.74) is 5.52. The molecular formula is C14H25NO2. The van der Waals surface area contributed by atoms with Crippen molar-refractivity contribution >= 4 is 5.97 Å². The van der Waals surface area contributed by atoms with Crippen molar-refractivity contribution in [1.82, 2.24) is 0 Å². The number of hydrogen-bond donors (Lipinski definition) is 1. The summed E-state index contributed by atoms with van der Waals surface area (Å²) in [5.74, 6) is -0.198. The Balaban J connectivity index is 2.04. The Morgan fingerprint density at radius 2 is 1.65 bits per heavy atom. The van der Waals surface area contributed by atoms with Crippen LogP contribution in [0.3, 0.4) is 0 Å². The van der Waals surface area contributed by atoms with Gasteiger partial charge in [-0.2, -0.15) is 0 Å². The van der Waals surface area contributed by atoms with Crippen LogP contribution < -0.4 is 5.73 Å². The van der Waals surface area contributed by atoms with Gasteiger partial charge in [0.05, 0.1) is 0 Å². The minimum absolute atomic E-state index is 0.198. The second-order valence-electron chi connectivity index (χ2n) is 7.04. The molecule has 17 heavy (non-hydrogen) atoms. The van der Waals surface area contributed by atoms with Gasteiger partial charge in [-0.1, -0.05) is 12.8 Å². The normalized spacial score (nSPS) is 32.0. The number of rotatable bonds is 1. The Labute approximate surface area is 104 Å². The van der Waals surface area contributed by atoms with Crippen molar-refractivity contribution < 1.29 is 9.53 Å². The van der Waals surface area contributed by atoms with Gasteiger partial charge in [-0.3, -0.25) is 4.79 Å². The fourth-order valence-electron chi connectivity index (χ4n) is 3.28. The molecule has 2 aliphatic carbocycles. The molecule has 0 saturated heterocycles. The van der Waals surface area contributed by atoms with E-state index in [0.717, 1.165) is 19.3 Å². The van der Waals surface area contributed by atoms with E-state index in [-0.39, 0.29) is 5.97 Å². The van der Waals surface area contributed by atoms with Crippen LogP contribution in [-0.4, -0.2) is 17.1 Å². The largest absolute Gasteiger partial charge is 0.459 e. The van der Waals surface area contributed by atoms with Crippen molar-refractivity contribution in [3.05, 3.63) is 0 Å². The van der Waals surface area contributed by atoms with Crippen molar-refractivity contribution in [2.45, 2.75) is 76.9 Å². The minimum Gasteiger partial charge on any atom is -0.459 e. The first-order valence-corrected chi connectivity index (χ1v) is 6.77. The van der Waals surface area contributed by atoms with Crippen LogP contribution in [0, 0.1) is 5.41 Å². The third kappa shape index (κ3) is 2.65. The highest BCUT2D eigenvalue weighted by molar-refractivity contribution is 5.81. The third-order valence-electron chi connectivity index (χ3n) is 4.24. The lowest BCUT2D eigenvalue weighted by atomic mass is 9.56. The molecule has 2 saturated carbocycles. The van der Waals surface area contributed by atoms with Gasteiger partial charge in [-0.15, -0.1) is 0 Å². The fraction of sp³-hybridized carbons (Fsp3) is 0.929. The monoisotopic (exact) mass is 239 g/mol. The molecule has 3 nitrogen and oxygen atoms in total. The van der Waals surface area contributed by atoms with Crippen molar-refractivity contribution in [2.75, 3.05) is 0 Å². The topological polar surface area (TPSA) is 52.3 Å². The van der Waals surface area contributed by atoms with E-state index in [1.54, 1.807) is 0 Å². The van der Waals surface area contributed by atoms with Crippen LogP contribution in [0.15, 0.2) is 0 Å². The quantitative estimate of drug-likeness (QED) is 0.716. The zero-order chi connectivity index (χ0) is 12.7. The molecule has 2 N–H and O–H groups in total. The third-order valence-corrected chi connectivity index (χ3v) is 4.24. The predicted octanol–water partition coefficient (Wildman–Crippen LogP) is 2.77. The SMILES string of the molecule is CC(C)(C)OC(=O)C1(N)CCCC2(CCC2)C1. The maximum Gasteiger partial charge on any atom is 0.326 e. The molecule has 2 rings (SSSR count). The summed E-state index contributed by atoms with van der Waals surface area (Å²) in [4.78, 5) is 12.2. The zero-order valence-corrected chi connectivity index (χ0v) is 11.3. The molecule has 0 aromatic rings. The van der Waals surface area contributed by atoms with Gasteiger partial charge in [0.25, 0.3) is 0 Å². The van der Waals surface area contributed by atoms with Crippen molar-refractivity contribution in [3.63, 3.8) is 0 Å². The van der Waals surface area contributed by atoms with E-state index in [4.69, 9.17) is 10.5 Å². The average molecular weight is 239 g/mol. The molecule has 0 aromatic carbocycles. The van der Waals surface area contributed by atoms with Gasteiger partial charge in [-0.25, -0.2) is 0 Å². The van der Waals surface area contributed by atoms with Crippen LogP contribution in [0.5, 0.6) is 0 Å². The van der Waals surface area contributed by atoms with Crippen LogP contribution in [0.4, 0.5) is 0 Å². The van der Waals surface area contributed by atoms with Crippen LogP contribution in [0.2, 0.25) is 0 Å². The number of nitrogens with two attached hydrogens (primary N) is 1. The lowest BCUT2D eigenvalue weighted by Crippen LogP contribution is -2.57. The Kier molecular flexibility index (Phi) is 3.01. The first kappa shape index (κ1) is 12.9. The van der Waals surface area contributed by atoms with Gasteiger partial charge in [0.1, 0.15) is 11.1 Å². The Morgan fingerprint density at radius 3 is 2.12 bits per heavy atom. The lowest BCUT2D eigenvalue weighted by Gasteiger charge is -2.50. The second-order valence-corrected chi connectivity index (χ2v) is 7.04. The summed E-state index contributed by atoms with van der Waals surface area (Å²) >= 11 is 0. The molecule has 1 unspecified atom stereocenters. The molecular weight excluding hydrogens is 214 g/mol. The van der Waals surface area contributed by atoms with E-state index in [9.17, 15) is 4.79 Å².